The second kappa shape index (κ2) is 6.74. The third-order valence-electron chi connectivity index (χ3n) is 2.24. The molecule has 0 atom stereocenters. The number of benzene rings is 1. The third-order valence-corrected chi connectivity index (χ3v) is 2.24. The van der Waals surface area contributed by atoms with E-state index < -0.39 is 11.7 Å². The zero-order chi connectivity index (χ0) is 13.5. The van der Waals surface area contributed by atoms with Crippen LogP contribution in [0.4, 0.5) is 4.39 Å². The van der Waals surface area contributed by atoms with E-state index in [1.54, 1.807) is 6.07 Å². The molecule has 0 fully saturated rings. The van der Waals surface area contributed by atoms with E-state index in [0.29, 0.717) is 12.5 Å². The van der Waals surface area contributed by atoms with Crippen LogP contribution in [0.15, 0.2) is 24.3 Å². The summed E-state index contributed by atoms with van der Waals surface area (Å²) in [5.74, 6) is -1.13. The van der Waals surface area contributed by atoms with Gasteiger partial charge < -0.3 is 10.6 Å². The average molecular weight is 252 g/mol. The van der Waals surface area contributed by atoms with Crippen molar-refractivity contribution in [1.82, 2.24) is 10.6 Å². The van der Waals surface area contributed by atoms with Crippen LogP contribution in [0.1, 0.15) is 24.2 Å². The Morgan fingerprint density at radius 2 is 1.89 bits per heavy atom. The first kappa shape index (κ1) is 14.2. The molecule has 4 nitrogen and oxygen atoms in total. The maximum Gasteiger partial charge on any atom is 0.254 e. The number of carbonyl (C=O) groups is 2. The molecule has 2 N–H and O–H groups in total. The molecule has 0 heterocycles. The van der Waals surface area contributed by atoms with E-state index in [-0.39, 0.29) is 18.0 Å². The molecule has 1 aromatic carbocycles. The monoisotopic (exact) mass is 252 g/mol. The summed E-state index contributed by atoms with van der Waals surface area (Å²) < 4.78 is 13.3. The summed E-state index contributed by atoms with van der Waals surface area (Å²) in [6, 6.07) is 5.64. The van der Waals surface area contributed by atoms with Crippen molar-refractivity contribution in [2.75, 3.05) is 13.1 Å². The van der Waals surface area contributed by atoms with Crippen molar-refractivity contribution in [3.63, 3.8) is 0 Å². The van der Waals surface area contributed by atoms with Crippen LogP contribution in [0, 0.1) is 11.7 Å². The van der Waals surface area contributed by atoms with Gasteiger partial charge in [-0.15, -0.1) is 0 Å². The lowest BCUT2D eigenvalue weighted by molar-refractivity contribution is -0.120. The molecule has 0 spiro atoms. The second-order valence-corrected chi connectivity index (χ2v) is 4.36. The van der Waals surface area contributed by atoms with Gasteiger partial charge in [0.05, 0.1) is 12.1 Å². The lowest BCUT2D eigenvalue weighted by Gasteiger charge is -2.08. The fourth-order valence-electron chi connectivity index (χ4n) is 1.28. The number of hydrogen-bond donors (Lipinski definition) is 2. The van der Waals surface area contributed by atoms with Crippen molar-refractivity contribution in [3.05, 3.63) is 35.6 Å². The average Bonchev–Trinajstić information content (AvgIpc) is 2.34. The highest BCUT2D eigenvalue weighted by molar-refractivity contribution is 5.96. The minimum Gasteiger partial charge on any atom is -0.354 e. The first-order valence-corrected chi connectivity index (χ1v) is 5.80. The van der Waals surface area contributed by atoms with Crippen LogP contribution in [0.3, 0.4) is 0 Å². The Morgan fingerprint density at radius 3 is 2.50 bits per heavy atom. The van der Waals surface area contributed by atoms with Crippen molar-refractivity contribution >= 4 is 11.8 Å². The Labute approximate surface area is 106 Å². The SMILES string of the molecule is CC(C)CNC(=O)CNC(=O)c1ccccc1F. The zero-order valence-corrected chi connectivity index (χ0v) is 10.5. The van der Waals surface area contributed by atoms with Crippen LogP contribution in [0.5, 0.6) is 0 Å². The van der Waals surface area contributed by atoms with Gasteiger partial charge >= 0.3 is 0 Å². The predicted molar refractivity (Wildman–Crippen MR) is 66.6 cm³/mol. The molecule has 18 heavy (non-hydrogen) atoms. The second-order valence-electron chi connectivity index (χ2n) is 4.36. The maximum absolute atomic E-state index is 13.3. The normalized spacial score (nSPS) is 10.2. The highest BCUT2D eigenvalue weighted by Crippen LogP contribution is 2.05. The van der Waals surface area contributed by atoms with Crippen molar-refractivity contribution in [1.29, 1.82) is 0 Å². The lowest BCUT2D eigenvalue weighted by atomic mass is 10.2. The Kier molecular flexibility index (Phi) is 5.30. The Balaban J connectivity index is 2.42. The van der Waals surface area contributed by atoms with Crippen LogP contribution in [0.2, 0.25) is 0 Å². The van der Waals surface area contributed by atoms with Gasteiger partial charge in [-0.05, 0) is 18.1 Å². The molecule has 98 valence electrons. The molecule has 1 aromatic rings. The van der Waals surface area contributed by atoms with Gasteiger partial charge in [-0.1, -0.05) is 26.0 Å². The van der Waals surface area contributed by atoms with Crippen molar-refractivity contribution < 1.29 is 14.0 Å². The number of hydrogen-bond acceptors (Lipinski definition) is 2. The van der Waals surface area contributed by atoms with Gasteiger partial charge in [-0.3, -0.25) is 9.59 Å². The van der Waals surface area contributed by atoms with E-state index in [2.05, 4.69) is 10.6 Å². The van der Waals surface area contributed by atoms with Gasteiger partial charge in [0.15, 0.2) is 0 Å². The molecule has 0 saturated heterocycles. The number of carbonyl (C=O) groups excluding carboxylic acids is 2. The summed E-state index contributed by atoms with van der Waals surface area (Å²) in [6.45, 7) is 4.34. The van der Waals surface area contributed by atoms with Crippen molar-refractivity contribution in [2.24, 2.45) is 5.92 Å². The van der Waals surface area contributed by atoms with E-state index in [9.17, 15) is 14.0 Å². The lowest BCUT2D eigenvalue weighted by Crippen LogP contribution is -2.38. The van der Waals surface area contributed by atoms with Gasteiger partial charge in [-0.25, -0.2) is 4.39 Å². The van der Waals surface area contributed by atoms with Gasteiger partial charge in [0, 0.05) is 6.54 Å². The molecule has 0 aliphatic rings. The highest BCUT2D eigenvalue weighted by atomic mass is 19.1. The first-order valence-electron chi connectivity index (χ1n) is 5.80. The molecular formula is C13H17FN2O2. The molecule has 2 amide bonds. The molecule has 0 radical (unpaired) electrons. The Bertz CT molecular complexity index is 433. The van der Waals surface area contributed by atoms with Crippen molar-refractivity contribution in [3.8, 4) is 0 Å². The first-order chi connectivity index (χ1) is 8.50. The summed E-state index contributed by atoms with van der Waals surface area (Å²) in [5, 5.41) is 5.03. The summed E-state index contributed by atoms with van der Waals surface area (Å²) >= 11 is 0. The van der Waals surface area contributed by atoms with Crippen LogP contribution >= 0.6 is 0 Å². The molecular weight excluding hydrogens is 235 g/mol. The van der Waals surface area contributed by atoms with Crippen LogP contribution < -0.4 is 10.6 Å². The van der Waals surface area contributed by atoms with Gasteiger partial charge in [-0.2, -0.15) is 0 Å². The Hall–Kier alpha value is -1.91. The topological polar surface area (TPSA) is 58.2 Å². The quantitative estimate of drug-likeness (QED) is 0.830. The molecule has 5 heteroatoms. The number of amides is 2. The molecule has 0 aliphatic carbocycles. The maximum atomic E-state index is 13.3. The van der Waals surface area contributed by atoms with E-state index in [0.717, 1.165) is 0 Å². The molecule has 0 bridgehead atoms. The highest BCUT2D eigenvalue weighted by Gasteiger charge is 2.11. The third kappa shape index (κ3) is 4.53. The minimum absolute atomic E-state index is 0.0610. The van der Waals surface area contributed by atoms with Crippen molar-refractivity contribution in [2.45, 2.75) is 13.8 Å². The molecule has 0 unspecified atom stereocenters. The summed E-state index contributed by atoms with van der Waals surface area (Å²) in [7, 11) is 0. The summed E-state index contributed by atoms with van der Waals surface area (Å²) in [4.78, 5) is 22.9. The van der Waals surface area contributed by atoms with E-state index >= 15 is 0 Å². The van der Waals surface area contributed by atoms with E-state index in [1.165, 1.54) is 18.2 Å². The van der Waals surface area contributed by atoms with E-state index in [1.807, 2.05) is 13.8 Å². The minimum atomic E-state index is -0.599. The van der Waals surface area contributed by atoms with Crippen LogP contribution in [-0.4, -0.2) is 24.9 Å². The van der Waals surface area contributed by atoms with Gasteiger partial charge in [0.1, 0.15) is 5.82 Å². The van der Waals surface area contributed by atoms with Crippen LogP contribution in [0.25, 0.3) is 0 Å². The fraction of sp³-hybridized carbons (Fsp3) is 0.385. The van der Waals surface area contributed by atoms with Crippen LogP contribution in [-0.2, 0) is 4.79 Å². The predicted octanol–water partition coefficient (Wildman–Crippen LogP) is 1.33. The molecule has 0 aromatic heterocycles. The zero-order valence-electron chi connectivity index (χ0n) is 10.5. The largest absolute Gasteiger partial charge is 0.354 e. The molecule has 1 rings (SSSR count). The Morgan fingerprint density at radius 1 is 1.22 bits per heavy atom. The van der Waals surface area contributed by atoms with Gasteiger partial charge in [0.25, 0.3) is 5.91 Å². The molecule has 0 aliphatic heterocycles. The summed E-state index contributed by atoms with van der Waals surface area (Å²) in [5.41, 5.74) is -0.0610. The number of rotatable bonds is 5. The standard InChI is InChI=1S/C13H17FN2O2/c1-9(2)7-15-12(17)8-16-13(18)10-5-3-4-6-11(10)14/h3-6,9H,7-8H2,1-2H3,(H,15,17)(H,16,18). The number of halogens is 1. The fourth-order valence-corrected chi connectivity index (χ4v) is 1.28. The van der Waals surface area contributed by atoms with Gasteiger partial charge in [0.2, 0.25) is 5.91 Å². The smallest absolute Gasteiger partial charge is 0.254 e. The molecule has 0 saturated carbocycles. The summed E-state index contributed by atoms with van der Waals surface area (Å²) in [6.07, 6.45) is 0. The number of nitrogens with one attached hydrogen (secondary N) is 2. The van der Waals surface area contributed by atoms with E-state index in [4.69, 9.17) is 0 Å².